The molecule has 0 aromatic heterocycles. The summed E-state index contributed by atoms with van der Waals surface area (Å²) in [4.78, 5) is 11.7. The Bertz CT molecular complexity index is 393. The molecule has 0 saturated carbocycles. The molecule has 4 nitrogen and oxygen atoms in total. The van der Waals surface area contributed by atoms with Crippen LogP contribution in [-0.4, -0.2) is 32.2 Å². The van der Waals surface area contributed by atoms with Crippen molar-refractivity contribution in [3.8, 4) is 0 Å². The molecule has 0 spiro atoms. The van der Waals surface area contributed by atoms with Gasteiger partial charge in [-0.2, -0.15) is 0 Å². The van der Waals surface area contributed by atoms with E-state index in [1.54, 1.807) is 0 Å². The van der Waals surface area contributed by atoms with Crippen LogP contribution in [0.5, 0.6) is 0 Å². The van der Waals surface area contributed by atoms with Crippen LogP contribution in [0.3, 0.4) is 0 Å². The van der Waals surface area contributed by atoms with Crippen molar-refractivity contribution >= 4 is 27.5 Å². The number of amides is 1. The van der Waals surface area contributed by atoms with Crippen molar-refractivity contribution in [1.82, 2.24) is 5.32 Å². The molecule has 0 aliphatic carbocycles. The quantitative estimate of drug-likeness (QED) is 0.678. The van der Waals surface area contributed by atoms with Crippen LogP contribution >= 0.6 is 15.9 Å². The molecule has 5 heteroatoms. The molecule has 2 N–H and O–H groups in total. The van der Waals surface area contributed by atoms with Gasteiger partial charge in [-0.1, -0.05) is 29.8 Å². The van der Waals surface area contributed by atoms with E-state index in [1.165, 1.54) is 0 Å². The summed E-state index contributed by atoms with van der Waals surface area (Å²) < 4.78 is 6.46. The highest BCUT2D eigenvalue weighted by atomic mass is 79.9. The Morgan fingerprint density at radius 3 is 2.65 bits per heavy atom. The predicted octanol–water partition coefficient (Wildman–Crippen LogP) is 3.04. The van der Waals surface area contributed by atoms with Crippen molar-refractivity contribution in [1.29, 1.82) is 0 Å². The summed E-state index contributed by atoms with van der Waals surface area (Å²) in [7, 11) is 0. The molecule has 20 heavy (non-hydrogen) atoms. The molecular formula is C15H23BrN2O2. The first-order chi connectivity index (χ1) is 9.58. The number of hydrogen-bond acceptors (Lipinski definition) is 3. The monoisotopic (exact) mass is 342 g/mol. The van der Waals surface area contributed by atoms with Crippen LogP contribution < -0.4 is 10.6 Å². The highest BCUT2D eigenvalue weighted by Gasteiger charge is 2.01. The van der Waals surface area contributed by atoms with Crippen molar-refractivity contribution in [2.24, 2.45) is 5.92 Å². The van der Waals surface area contributed by atoms with Gasteiger partial charge in [-0.05, 0) is 43.1 Å². The molecule has 112 valence electrons. The average Bonchev–Trinajstić information content (AvgIpc) is 2.40. The fourth-order valence-electron chi connectivity index (χ4n) is 1.56. The summed E-state index contributed by atoms with van der Waals surface area (Å²) in [6.07, 6.45) is 0.915. The van der Waals surface area contributed by atoms with Crippen LogP contribution in [0.15, 0.2) is 28.7 Å². The van der Waals surface area contributed by atoms with E-state index >= 15 is 0 Å². The number of carbonyl (C=O) groups is 1. The molecule has 0 aliphatic rings. The number of carbonyl (C=O) groups excluding carboxylic acids is 1. The zero-order valence-electron chi connectivity index (χ0n) is 12.1. The van der Waals surface area contributed by atoms with E-state index in [9.17, 15) is 4.79 Å². The van der Waals surface area contributed by atoms with Crippen molar-refractivity contribution < 1.29 is 9.53 Å². The van der Waals surface area contributed by atoms with Crippen molar-refractivity contribution in [2.45, 2.75) is 20.3 Å². The number of ether oxygens (including phenoxy) is 1. The zero-order chi connectivity index (χ0) is 14.8. The van der Waals surface area contributed by atoms with Crippen LogP contribution in [0.1, 0.15) is 20.3 Å². The van der Waals surface area contributed by atoms with E-state index in [2.05, 4.69) is 40.4 Å². The van der Waals surface area contributed by atoms with Crippen molar-refractivity contribution in [2.75, 3.05) is 31.6 Å². The summed E-state index contributed by atoms with van der Waals surface area (Å²) in [5.41, 5.74) is 0.806. The van der Waals surface area contributed by atoms with E-state index in [0.29, 0.717) is 12.5 Å². The number of benzene rings is 1. The van der Waals surface area contributed by atoms with E-state index < -0.39 is 0 Å². The van der Waals surface area contributed by atoms with Gasteiger partial charge < -0.3 is 15.4 Å². The van der Waals surface area contributed by atoms with E-state index in [-0.39, 0.29) is 5.91 Å². The highest BCUT2D eigenvalue weighted by Crippen LogP contribution is 2.13. The van der Waals surface area contributed by atoms with Gasteiger partial charge >= 0.3 is 0 Å². The molecule has 0 atom stereocenters. The van der Waals surface area contributed by atoms with Crippen molar-refractivity contribution in [3.63, 3.8) is 0 Å². The van der Waals surface area contributed by atoms with Gasteiger partial charge in [0.15, 0.2) is 0 Å². The standard InChI is InChI=1S/C15H23BrN2O2/c1-12(2)11-20-9-3-8-17-10-15(19)18-14-6-4-13(16)5-7-14/h4-7,12,17H,3,8-11H2,1-2H3,(H,18,19). The topological polar surface area (TPSA) is 50.4 Å². The van der Waals surface area contributed by atoms with Gasteiger partial charge in [0.05, 0.1) is 6.54 Å². The zero-order valence-corrected chi connectivity index (χ0v) is 13.7. The number of nitrogens with one attached hydrogen (secondary N) is 2. The lowest BCUT2D eigenvalue weighted by Crippen LogP contribution is -2.29. The first-order valence-electron chi connectivity index (χ1n) is 6.92. The molecule has 1 rings (SSSR count). The van der Waals surface area contributed by atoms with E-state index in [0.717, 1.165) is 36.3 Å². The molecule has 1 aromatic rings. The number of halogens is 1. The van der Waals surface area contributed by atoms with E-state index in [4.69, 9.17) is 4.74 Å². The Kier molecular flexibility index (Phi) is 8.49. The molecule has 0 fully saturated rings. The second-order valence-corrected chi connectivity index (χ2v) is 5.97. The van der Waals surface area contributed by atoms with Crippen LogP contribution in [0, 0.1) is 5.92 Å². The maximum Gasteiger partial charge on any atom is 0.238 e. The molecule has 0 radical (unpaired) electrons. The Morgan fingerprint density at radius 2 is 2.00 bits per heavy atom. The molecular weight excluding hydrogens is 320 g/mol. The smallest absolute Gasteiger partial charge is 0.238 e. The lowest BCUT2D eigenvalue weighted by atomic mass is 10.2. The van der Waals surface area contributed by atoms with Gasteiger partial charge in [-0.3, -0.25) is 4.79 Å². The minimum absolute atomic E-state index is 0.0320. The van der Waals surface area contributed by atoms with Crippen LogP contribution in [-0.2, 0) is 9.53 Å². The predicted molar refractivity (Wildman–Crippen MR) is 85.9 cm³/mol. The SMILES string of the molecule is CC(C)COCCCNCC(=O)Nc1ccc(Br)cc1. The van der Waals surface area contributed by atoms with Gasteiger partial charge in [0.25, 0.3) is 0 Å². The first kappa shape index (κ1) is 17.1. The van der Waals surface area contributed by atoms with Gasteiger partial charge in [-0.15, -0.1) is 0 Å². The molecule has 1 aromatic carbocycles. The van der Waals surface area contributed by atoms with Crippen LogP contribution in [0.4, 0.5) is 5.69 Å². The second-order valence-electron chi connectivity index (χ2n) is 5.05. The van der Waals surface area contributed by atoms with Gasteiger partial charge in [0.2, 0.25) is 5.91 Å². The summed E-state index contributed by atoms with van der Waals surface area (Å²) in [5, 5.41) is 5.94. The Morgan fingerprint density at radius 1 is 1.30 bits per heavy atom. The molecule has 0 saturated heterocycles. The van der Waals surface area contributed by atoms with Gasteiger partial charge in [0, 0.05) is 23.4 Å². The fourth-order valence-corrected chi connectivity index (χ4v) is 1.82. The molecule has 0 bridgehead atoms. The van der Waals surface area contributed by atoms with Gasteiger partial charge in [-0.25, -0.2) is 0 Å². The maximum atomic E-state index is 11.7. The van der Waals surface area contributed by atoms with Crippen LogP contribution in [0.25, 0.3) is 0 Å². The highest BCUT2D eigenvalue weighted by molar-refractivity contribution is 9.10. The largest absolute Gasteiger partial charge is 0.381 e. The minimum Gasteiger partial charge on any atom is -0.381 e. The first-order valence-corrected chi connectivity index (χ1v) is 7.71. The average molecular weight is 343 g/mol. The number of hydrogen-bond donors (Lipinski definition) is 2. The lowest BCUT2D eigenvalue weighted by molar-refractivity contribution is -0.115. The molecule has 1 amide bonds. The maximum absolute atomic E-state index is 11.7. The van der Waals surface area contributed by atoms with E-state index in [1.807, 2.05) is 24.3 Å². The third-order valence-electron chi connectivity index (χ3n) is 2.51. The van der Waals surface area contributed by atoms with Crippen molar-refractivity contribution in [3.05, 3.63) is 28.7 Å². The normalized spacial score (nSPS) is 10.8. The summed E-state index contributed by atoms with van der Waals surface area (Å²) in [5.74, 6) is 0.537. The summed E-state index contributed by atoms with van der Waals surface area (Å²) >= 11 is 3.36. The number of anilines is 1. The second kappa shape index (κ2) is 9.91. The fraction of sp³-hybridized carbons (Fsp3) is 0.533. The minimum atomic E-state index is -0.0320. The Hall–Kier alpha value is -0.910. The number of rotatable bonds is 9. The summed E-state index contributed by atoms with van der Waals surface area (Å²) in [6, 6.07) is 7.52. The third kappa shape index (κ3) is 8.30. The lowest BCUT2D eigenvalue weighted by Gasteiger charge is -2.08. The Balaban J connectivity index is 2.04. The summed E-state index contributed by atoms with van der Waals surface area (Å²) in [6.45, 7) is 6.89. The molecule has 0 aliphatic heterocycles. The third-order valence-corrected chi connectivity index (χ3v) is 3.04. The van der Waals surface area contributed by atoms with Crippen LogP contribution in [0.2, 0.25) is 0 Å². The Labute approximate surface area is 129 Å². The molecule has 0 heterocycles. The molecule has 0 unspecified atom stereocenters. The van der Waals surface area contributed by atoms with Gasteiger partial charge in [0.1, 0.15) is 0 Å².